The summed E-state index contributed by atoms with van der Waals surface area (Å²) in [5, 5.41) is 3.45. The van der Waals surface area contributed by atoms with Crippen molar-refractivity contribution in [2.45, 2.75) is 64.8 Å². The summed E-state index contributed by atoms with van der Waals surface area (Å²) in [4.78, 5) is 0. The maximum atomic E-state index is 3.45. The van der Waals surface area contributed by atoms with E-state index in [0.29, 0.717) is 0 Å². The molecule has 0 heterocycles. The second-order valence-corrected chi connectivity index (χ2v) is 4.94. The molecule has 0 spiro atoms. The van der Waals surface area contributed by atoms with Gasteiger partial charge in [-0.3, -0.25) is 0 Å². The van der Waals surface area contributed by atoms with Crippen LogP contribution in [0.5, 0.6) is 0 Å². The predicted octanol–water partition coefficient (Wildman–Crippen LogP) is 3.59. The summed E-state index contributed by atoms with van der Waals surface area (Å²) in [6.45, 7) is 4.72. The van der Waals surface area contributed by atoms with Crippen LogP contribution in [0.25, 0.3) is 0 Å². The minimum absolute atomic E-state index is 0.797. The van der Waals surface area contributed by atoms with Crippen molar-refractivity contribution >= 4 is 0 Å². The van der Waals surface area contributed by atoms with Crippen molar-refractivity contribution in [1.82, 2.24) is 5.32 Å². The Labute approximate surface area is 89.7 Å². The highest BCUT2D eigenvalue weighted by Crippen LogP contribution is 2.35. The Balaban J connectivity index is 2.13. The van der Waals surface area contributed by atoms with Crippen LogP contribution in [0, 0.1) is 11.8 Å². The van der Waals surface area contributed by atoms with E-state index in [4.69, 9.17) is 0 Å². The van der Waals surface area contributed by atoms with Gasteiger partial charge in [0.05, 0.1) is 0 Å². The summed E-state index contributed by atoms with van der Waals surface area (Å²) >= 11 is 0. The Morgan fingerprint density at radius 2 is 1.93 bits per heavy atom. The Morgan fingerprint density at radius 1 is 1.14 bits per heavy atom. The molecular weight excluding hydrogens is 170 g/mol. The first-order valence-electron chi connectivity index (χ1n) is 6.46. The van der Waals surface area contributed by atoms with Crippen LogP contribution >= 0.6 is 0 Å². The molecule has 1 heteroatoms. The molecule has 1 nitrogen and oxygen atoms in total. The van der Waals surface area contributed by atoms with Gasteiger partial charge < -0.3 is 5.32 Å². The molecule has 0 aromatic rings. The van der Waals surface area contributed by atoms with E-state index >= 15 is 0 Å². The summed E-state index contributed by atoms with van der Waals surface area (Å²) in [7, 11) is 2.11. The van der Waals surface area contributed by atoms with Crippen molar-refractivity contribution in [1.29, 1.82) is 0 Å². The summed E-state index contributed by atoms with van der Waals surface area (Å²) in [6.07, 6.45) is 10.0. The first kappa shape index (κ1) is 12.0. The van der Waals surface area contributed by atoms with Gasteiger partial charge in [0, 0.05) is 6.04 Å². The van der Waals surface area contributed by atoms with Gasteiger partial charge in [0.1, 0.15) is 0 Å². The van der Waals surface area contributed by atoms with E-state index in [1.54, 1.807) is 0 Å². The fourth-order valence-electron chi connectivity index (χ4n) is 2.90. The van der Waals surface area contributed by atoms with E-state index < -0.39 is 0 Å². The lowest BCUT2D eigenvalue weighted by Gasteiger charge is -2.20. The number of rotatable bonds is 6. The number of nitrogens with one attached hydrogen (secondary N) is 1. The largest absolute Gasteiger partial charge is 0.317 e. The van der Waals surface area contributed by atoms with Crippen molar-refractivity contribution in [2.24, 2.45) is 11.8 Å². The second kappa shape index (κ2) is 6.44. The lowest BCUT2D eigenvalue weighted by Crippen LogP contribution is -2.29. The summed E-state index contributed by atoms with van der Waals surface area (Å²) < 4.78 is 0. The quantitative estimate of drug-likeness (QED) is 0.642. The fraction of sp³-hybridized carbons (Fsp3) is 1.00. The molecule has 0 saturated heterocycles. The van der Waals surface area contributed by atoms with Crippen molar-refractivity contribution in [3.63, 3.8) is 0 Å². The highest BCUT2D eigenvalue weighted by molar-refractivity contribution is 4.85. The van der Waals surface area contributed by atoms with Crippen LogP contribution in [-0.4, -0.2) is 13.1 Å². The molecule has 3 atom stereocenters. The van der Waals surface area contributed by atoms with Gasteiger partial charge in [-0.2, -0.15) is 0 Å². The molecule has 3 unspecified atom stereocenters. The van der Waals surface area contributed by atoms with Crippen LogP contribution < -0.4 is 5.32 Å². The smallest absolute Gasteiger partial charge is 0.00924 e. The van der Waals surface area contributed by atoms with Gasteiger partial charge in [0.15, 0.2) is 0 Å². The zero-order valence-corrected chi connectivity index (χ0v) is 10.2. The average Bonchev–Trinajstić information content (AvgIpc) is 2.55. The van der Waals surface area contributed by atoms with Gasteiger partial charge in [0.25, 0.3) is 0 Å². The number of hydrogen-bond donors (Lipinski definition) is 1. The third-order valence-electron chi connectivity index (χ3n) is 4.03. The molecule has 1 rings (SSSR count). The molecule has 1 fully saturated rings. The van der Waals surface area contributed by atoms with Crippen molar-refractivity contribution in [3.05, 3.63) is 0 Å². The van der Waals surface area contributed by atoms with Gasteiger partial charge in [-0.05, 0) is 31.7 Å². The average molecular weight is 197 g/mol. The lowest BCUT2D eigenvalue weighted by molar-refractivity contribution is 0.337. The zero-order valence-electron chi connectivity index (χ0n) is 10.2. The molecule has 84 valence electrons. The third-order valence-corrected chi connectivity index (χ3v) is 4.03. The lowest BCUT2D eigenvalue weighted by atomic mass is 9.90. The topological polar surface area (TPSA) is 12.0 Å². The molecule has 0 radical (unpaired) electrons. The first-order valence-corrected chi connectivity index (χ1v) is 6.46. The Bertz CT molecular complexity index is 144. The second-order valence-electron chi connectivity index (χ2n) is 4.94. The van der Waals surface area contributed by atoms with Gasteiger partial charge >= 0.3 is 0 Å². The van der Waals surface area contributed by atoms with E-state index in [1.807, 2.05) is 0 Å². The van der Waals surface area contributed by atoms with Gasteiger partial charge in [0.2, 0.25) is 0 Å². The Kier molecular flexibility index (Phi) is 5.54. The molecule has 1 aliphatic carbocycles. The van der Waals surface area contributed by atoms with E-state index in [-0.39, 0.29) is 0 Å². The van der Waals surface area contributed by atoms with Crippen LogP contribution in [0.15, 0.2) is 0 Å². The van der Waals surface area contributed by atoms with Gasteiger partial charge in [-0.1, -0.05) is 46.0 Å². The van der Waals surface area contributed by atoms with Crippen LogP contribution in [-0.2, 0) is 0 Å². The molecule has 14 heavy (non-hydrogen) atoms. The Morgan fingerprint density at radius 3 is 2.50 bits per heavy atom. The SMILES string of the molecule is CCCCCCC1CCC(NC)C1C. The van der Waals surface area contributed by atoms with E-state index in [2.05, 4.69) is 26.2 Å². The van der Waals surface area contributed by atoms with Crippen LogP contribution in [0.4, 0.5) is 0 Å². The molecule has 0 amide bonds. The van der Waals surface area contributed by atoms with Crippen molar-refractivity contribution in [2.75, 3.05) is 7.05 Å². The van der Waals surface area contributed by atoms with Crippen molar-refractivity contribution < 1.29 is 0 Å². The highest BCUT2D eigenvalue weighted by atomic mass is 14.9. The molecule has 0 aliphatic heterocycles. The van der Waals surface area contributed by atoms with Crippen LogP contribution in [0.3, 0.4) is 0 Å². The molecule has 0 aromatic heterocycles. The maximum absolute atomic E-state index is 3.45. The Hall–Kier alpha value is -0.0400. The van der Waals surface area contributed by atoms with Crippen LogP contribution in [0.2, 0.25) is 0 Å². The molecule has 0 aromatic carbocycles. The minimum atomic E-state index is 0.797. The third kappa shape index (κ3) is 3.27. The predicted molar refractivity (Wildman–Crippen MR) is 63.5 cm³/mol. The zero-order chi connectivity index (χ0) is 10.4. The molecule has 1 saturated carbocycles. The molecule has 0 bridgehead atoms. The summed E-state index contributed by atoms with van der Waals surface area (Å²) in [6, 6.07) is 0.797. The summed E-state index contributed by atoms with van der Waals surface area (Å²) in [5.74, 6) is 1.91. The van der Waals surface area contributed by atoms with Crippen molar-refractivity contribution in [3.8, 4) is 0 Å². The van der Waals surface area contributed by atoms with Gasteiger partial charge in [-0.25, -0.2) is 0 Å². The highest BCUT2D eigenvalue weighted by Gasteiger charge is 2.30. The molecule has 1 aliphatic rings. The maximum Gasteiger partial charge on any atom is 0.00924 e. The first-order chi connectivity index (χ1) is 6.79. The van der Waals surface area contributed by atoms with Crippen LogP contribution in [0.1, 0.15) is 58.8 Å². The van der Waals surface area contributed by atoms with Gasteiger partial charge in [-0.15, -0.1) is 0 Å². The number of hydrogen-bond acceptors (Lipinski definition) is 1. The normalized spacial score (nSPS) is 32.4. The minimum Gasteiger partial charge on any atom is -0.317 e. The van der Waals surface area contributed by atoms with E-state index in [9.17, 15) is 0 Å². The number of unbranched alkanes of at least 4 members (excludes halogenated alkanes) is 3. The molecular formula is C13H27N. The monoisotopic (exact) mass is 197 g/mol. The van der Waals surface area contributed by atoms with E-state index in [1.165, 1.54) is 44.9 Å². The van der Waals surface area contributed by atoms with E-state index in [0.717, 1.165) is 17.9 Å². The fourth-order valence-corrected chi connectivity index (χ4v) is 2.90. The standard InChI is InChI=1S/C13H27N/c1-4-5-6-7-8-12-9-10-13(14-3)11(12)2/h11-14H,4-10H2,1-3H3. The molecule has 1 N–H and O–H groups in total. The summed E-state index contributed by atoms with van der Waals surface area (Å²) in [5.41, 5.74) is 0.